The highest BCUT2D eigenvalue weighted by molar-refractivity contribution is 6.04. The van der Waals surface area contributed by atoms with Crippen LogP contribution in [0.4, 0.5) is 30.5 Å². The van der Waals surface area contributed by atoms with E-state index in [1.54, 1.807) is 84.3 Å². The van der Waals surface area contributed by atoms with E-state index in [0.29, 0.717) is 17.5 Å². The van der Waals surface area contributed by atoms with Crippen LogP contribution in [0.15, 0.2) is 92.0 Å². The highest BCUT2D eigenvalue weighted by Gasteiger charge is 2.31. The maximum atomic E-state index is 13.6. The predicted molar refractivity (Wildman–Crippen MR) is 129 cm³/mol. The number of imidazole rings is 2. The standard InChI is InChI=1S/C25H19F3N8O/c1-17-30-10-12-35(17)22-14-19(25(26,27)28)13-20(15-22)33-23(37)18-3-5-21(6-4-18)36(34-11-9-29-16-34)24-31-7-2-8-32-24/h2-16H,1H3,(H,33,37). The number of carbonyl (C=O) groups excluding carboxylic acids is 1. The van der Waals surface area contributed by atoms with E-state index in [1.165, 1.54) is 16.8 Å². The molecule has 0 aliphatic heterocycles. The first-order valence-corrected chi connectivity index (χ1v) is 11.0. The molecule has 0 saturated heterocycles. The van der Waals surface area contributed by atoms with Gasteiger partial charge in [0.25, 0.3) is 5.91 Å². The van der Waals surface area contributed by atoms with Crippen LogP contribution in [0.2, 0.25) is 0 Å². The third-order valence-corrected chi connectivity index (χ3v) is 5.44. The van der Waals surface area contributed by atoms with Gasteiger partial charge < -0.3 is 9.88 Å². The number of nitrogens with zero attached hydrogens (tertiary/aromatic N) is 7. The fourth-order valence-electron chi connectivity index (χ4n) is 3.72. The molecule has 0 aliphatic rings. The Kier molecular flexibility index (Phi) is 6.14. The first-order valence-electron chi connectivity index (χ1n) is 11.0. The number of alkyl halides is 3. The number of aryl methyl sites for hydroxylation is 1. The average Bonchev–Trinajstić information content (AvgIpc) is 3.57. The zero-order valence-corrected chi connectivity index (χ0v) is 19.3. The summed E-state index contributed by atoms with van der Waals surface area (Å²) in [6, 6.07) is 11.5. The van der Waals surface area contributed by atoms with Crippen molar-refractivity contribution in [2.45, 2.75) is 13.1 Å². The minimum absolute atomic E-state index is 0.00438. The summed E-state index contributed by atoms with van der Waals surface area (Å²) >= 11 is 0. The molecule has 1 N–H and O–H groups in total. The smallest absolute Gasteiger partial charge is 0.322 e. The molecule has 9 nitrogen and oxygen atoms in total. The molecule has 0 spiro atoms. The van der Waals surface area contributed by atoms with Crippen LogP contribution in [-0.4, -0.2) is 35.1 Å². The van der Waals surface area contributed by atoms with Gasteiger partial charge >= 0.3 is 6.18 Å². The van der Waals surface area contributed by atoms with Gasteiger partial charge in [0.15, 0.2) is 0 Å². The van der Waals surface area contributed by atoms with Gasteiger partial charge in [0.05, 0.1) is 11.3 Å². The largest absolute Gasteiger partial charge is 0.416 e. The van der Waals surface area contributed by atoms with Gasteiger partial charge in [-0.2, -0.15) is 13.2 Å². The molecule has 1 amide bonds. The Morgan fingerprint density at radius 2 is 1.70 bits per heavy atom. The number of anilines is 3. The second-order valence-corrected chi connectivity index (χ2v) is 7.92. The molecule has 5 aromatic rings. The highest BCUT2D eigenvalue weighted by Crippen LogP contribution is 2.33. The van der Waals surface area contributed by atoms with Crippen molar-refractivity contribution in [1.29, 1.82) is 0 Å². The van der Waals surface area contributed by atoms with Gasteiger partial charge in [0.2, 0.25) is 5.95 Å². The van der Waals surface area contributed by atoms with Crippen molar-refractivity contribution in [1.82, 2.24) is 29.2 Å². The van der Waals surface area contributed by atoms with Crippen molar-refractivity contribution < 1.29 is 18.0 Å². The molecule has 0 atom stereocenters. The fraction of sp³-hybridized carbons (Fsp3) is 0.0800. The summed E-state index contributed by atoms with van der Waals surface area (Å²) in [4.78, 5) is 29.6. The first-order chi connectivity index (χ1) is 17.8. The van der Waals surface area contributed by atoms with Gasteiger partial charge in [-0.1, -0.05) is 0 Å². The van der Waals surface area contributed by atoms with E-state index in [0.717, 1.165) is 12.1 Å². The number of benzene rings is 2. The topological polar surface area (TPSA) is 93.8 Å². The number of hydrogen-bond acceptors (Lipinski definition) is 6. The number of carbonyl (C=O) groups is 1. The summed E-state index contributed by atoms with van der Waals surface area (Å²) in [5.74, 6) is 0.324. The maximum Gasteiger partial charge on any atom is 0.416 e. The van der Waals surface area contributed by atoms with Crippen molar-refractivity contribution in [2.75, 3.05) is 10.3 Å². The van der Waals surface area contributed by atoms with E-state index in [9.17, 15) is 18.0 Å². The van der Waals surface area contributed by atoms with E-state index in [2.05, 4.69) is 25.3 Å². The third kappa shape index (κ3) is 5.03. The van der Waals surface area contributed by atoms with Crippen LogP contribution < -0.4 is 10.3 Å². The summed E-state index contributed by atoms with van der Waals surface area (Å²) in [6.45, 7) is 1.67. The van der Waals surface area contributed by atoms with Gasteiger partial charge in [0.1, 0.15) is 12.2 Å². The predicted octanol–water partition coefficient (Wildman–Crippen LogP) is 5.04. The second kappa shape index (κ2) is 9.57. The van der Waals surface area contributed by atoms with Crippen LogP contribution in [0, 0.1) is 6.92 Å². The normalized spacial score (nSPS) is 11.4. The Hall–Kier alpha value is -5.00. The number of amides is 1. The number of aromatic nitrogens is 6. The maximum absolute atomic E-state index is 13.6. The quantitative estimate of drug-likeness (QED) is 0.348. The monoisotopic (exact) mass is 504 g/mol. The second-order valence-electron chi connectivity index (χ2n) is 7.92. The minimum atomic E-state index is -4.60. The Bertz CT molecular complexity index is 1510. The lowest BCUT2D eigenvalue weighted by Gasteiger charge is -2.23. The molecule has 5 rings (SSSR count). The summed E-state index contributed by atoms with van der Waals surface area (Å²) in [5, 5.41) is 4.26. The van der Waals surface area contributed by atoms with Crippen LogP contribution in [0.5, 0.6) is 0 Å². The van der Waals surface area contributed by atoms with Crippen LogP contribution in [0.3, 0.4) is 0 Å². The lowest BCUT2D eigenvalue weighted by atomic mass is 10.1. The van der Waals surface area contributed by atoms with E-state index in [-0.39, 0.29) is 16.9 Å². The third-order valence-electron chi connectivity index (χ3n) is 5.44. The molecule has 3 aromatic heterocycles. The molecular formula is C25H19F3N8O. The van der Waals surface area contributed by atoms with Crippen molar-refractivity contribution in [3.8, 4) is 5.69 Å². The molecule has 37 heavy (non-hydrogen) atoms. The molecular weight excluding hydrogens is 485 g/mol. The Balaban J connectivity index is 1.43. The van der Waals surface area contributed by atoms with E-state index < -0.39 is 17.6 Å². The zero-order valence-electron chi connectivity index (χ0n) is 19.3. The molecule has 0 unspecified atom stereocenters. The summed E-state index contributed by atoms with van der Waals surface area (Å²) in [5.41, 5.74) is 0.236. The molecule has 0 radical (unpaired) electrons. The van der Waals surface area contributed by atoms with Crippen molar-refractivity contribution in [3.05, 3.63) is 109 Å². The summed E-state index contributed by atoms with van der Waals surface area (Å²) < 4.78 is 43.9. The van der Waals surface area contributed by atoms with E-state index in [4.69, 9.17) is 0 Å². The SMILES string of the molecule is Cc1nccn1-c1cc(NC(=O)c2ccc(N(c3ncccn3)n3ccnc3)cc2)cc(C(F)(F)F)c1. The van der Waals surface area contributed by atoms with Crippen LogP contribution in [-0.2, 0) is 6.18 Å². The van der Waals surface area contributed by atoms with Gasteiger partial charge in [0, 0.05) is 54.1 Å². The van der Waals surface area contributed by atoms with Crippen molar-refractivity contribution in [3.63, 3.8) is 0 Å². The Labute approximate surface area is 208 Å². The number of halogens is 3. The molecule has 2 aromatic carbocycles. The number of nitrogens with one attached hydrogen (secondary N) is 1. The van der Waals surface area contributed by atoms with Gasteiger partial charge in [-0.15, -0.1) is 0 Å². The Morgan fingerprint density at radius 3 is 2.32 bits per heavy atom. The molecule has 12 heteroatoms. The fourth-order valence-corrected chi connectivity index (χ4v) is 3.72. The van der Waals surface area contributed by atoms with Gasteiger partial charge in [-0.3, -0.25) is 4.79 Å². The minimum Gasteiger partial charge on any atom is -0.322 e. The van der Waals surface area contributed by atoms with Crippen molar-refractivity contribution >= 4 is 23.2 Å². The molecule has 0 aliphatic carbocycles. The zero-order chi connectivity index (χ0) is 26.0. The van der Waals surface area contributed by atoms with Crippen molar-refractivity contribution in [2.24, 2.45) is 0 Å². The lowest BCUT2D eigenvalue weighted by Crippen LogP contribution is -2.24. The summed E-state index contributed by atoms with van der Waals surface area (Å²) in [7, 11) is 0. The highest BCUT2D eigenvalue weighted by atomic mass is 19.4. The molecule has 3 heterocycles. The first kappa shape index (κ1) is 23.7. The van der Waals surface area contributed by atoms with Crippen LogP contribution in [0.1, 0.15) is 21.7 Å². The van der Waals surface area contributed by atoms with Crippen LogP contribution >= 0.6 is 0 Å². The Morgan fingerprint density at radius 1 is 0.946 bits per heavy atom. The molecule has 0 bridgehead atoms. The van der Waals surface area contributed by atoms with Gasteiger partial charge in [-0.05, 0) is 55.5 Å². The molecule has 186 valence electrons. The summed E-state index contributed by atoms with van der Waals surface area (Å²) in [6.07, 6.45) is 6.54. The van der Waals surface area contributed by atoms with Gasteiger partial charge in [-0.25, -0.2) is 29.6 Å². The molecule has 0 fully saturated rings. The number of hydrogen-bond donors (Lipinski definition) is 1. The van der Waals surface area contributed by atoms with E-state index >= 15 is 0 Å². The number of rotatable bonds is 6. The van der Waals surface area contributed by atoms with Crippen LogP contribution in [0.25, 0.3) is 5.69 Å². The van der Waals surface area contributed by atoms with E-state index in [1.807, 2.05) is 0 Å². The lowest BCUT2D eigenvalue weighted by molar-refractivity contribution is -0.137. The molecule has 0 saturated carbocycles. The average molecular weight is 504 g/mol.